The van der Waals surface area contributed by atoms with Crippen LogP contribution in [0, 0.1) is 0 Å². The molecule has 1 atom stereocenters. The molecule has 0 aromatic heterocycles. The zero-order valence-electron chi connectivity index (χ0n) is 10.8. The topological polar surface area (TPSA) is 29.3 Å². The van der Waals surface area contributed by atoms with Crippen LogP contribution in [-0.2, 0) is 6.54 Å². The summed E-state index contributed by atoms with van der Waals surface area (Å²) in [5.41, 5.74) is 9.84. The van der Waals surface area contributed by atoms with Gasteiger partial charge >= 0.3 is 0 Å². The molecule has 1 aliphatic rings. The Kier molecular flexibility index (Phi) is 6.15. The molecular formula is C15H17Cl3N2. The lowest BCUT2D eigenvalue weighted by Gasteiger charge is -2.19. The quantitative estimate of drug-likeness (QED) is 0.893. The first-order valence-corrected chi connectivity index (χ1v) is 6.46. The van der Waals surface area contributed by atoms with E-state index >= 15 is 0 Å². The zero-order valence-corrected chi connectivity index (χ0v) is 13.2. The van der Waals surface area contributed by atoms with Crippen LogP contribution in [0.1, 0.15) is 17.2 Å². The number of benzene rings is 2. The summed E-state index contributed by atoms with van der Waals surface area (Å²) in [6.07, 6.45) is 0. The Morgan fingerprint density at radius 2 is 1.85 bits per heavy atom. The molecule has 0 radical (unpaired) electrons. The van der Waals surface area contributed by atoms with Crippen LogP contribution in [0.25, 0.3) is 0 Å². The normalized spacial score (nSPS) is 16.1. The largest absolute Gasteiger partial charge is 0.365 e. The number of rotatable bonds is 2. The van der Waals surface area contributed by atoms with Gasteiger partial charge in [0.25, 0.3) is 0 Å². The highest BCUT2D eigenvalue weighted by Gasteiger charge is 2.25. The predicted octanol–water partition coefficient (Wildman–Crippen LogP) is 4.20. The van der Waals surface area contributed by atoms with Crippen LogP contribution in [0.15, 0.2) is 48.5 Å². The number of halogens is 3. The van der Waals surface area contributed by atoms with E-state index in [0.717, 1.165) is 18.1 Å². The molecule has 0 amide bonds. The maximum atomic E-state index is 6.15. The molecule has 108 valence electrons. The number of nitrogens with zero attached hydrogens (tertiary/aromatic N) is 1. The van der Waals surface area contributed by atoms with Crippen LogP contribution in [0.5, 0.6) is 0 Å². The van der Waals surface area contributed by atoms with Gasteiger partial charge in [0.2, 0.25) is 0 Å². The van der Waals surface area contributed by atoms with Gasteiger partial charge in [0, 0.05) is 29.8 Å². The Morgan fingerprint density at radius 3 is 2.60 bits per heavy atom. The molecule has 2 nitrogen and oxygen atoms in total. The van der Waals surface area contributed by atoms with Gasteiger partial charge in [-0.3, -0.25) is 0 Å². The third-order valence-corrected chi connectivity index (χ3v) is 3.59. The van der Waals surface area contributed by atoms with Crippen LogP contribution >= 0.6 is 36.4 Å². The maximum Gasteiger partial charge on any atom is 0.0493 e. The van der Waals surface area contributed by atoms with Crippen LogP contribution in [0.2, 0.25) is 5.02 Å². The molecule has 0 bridgehead atoms. The summed E-state index contributed by atoms with van der Waals surface area (Å²) < 4.78 is 0. The zero-order chi connectivity index (χ0) is 12.5. The standard InChI is InChI=1S/C15H15ClN2.2ClH/c16-12-5-3-4-11(8-12)9-18-10-14(17)13-6-1-2-7-15(13)18;;/h1-8,14H,9-10,17H2;2*1H. The molecule has 0 aliphatic carbocycles. The Balaban J connectivity index is 0.000001000. The number of para-hydroxylation sites is 1. The highest BCUT2D eigenvalue weighted by molar-refractivity contribution is 6.30. The number of nitrogens with two attached hydrogens (primary N) is 1. The van der Waals surface area contributed by atoms with Crippen molar-refractivity contribution in [2.45, 2.75) is 12.6 Å². The van der Waals surface area contributed by atoms with E-state index in [2.05, 4.69) is 29.2 Å². The first kappa shape index (κ1) is 17.1. The molecule has 1 heterocycles. The van der Waals surface area contributed by atoms with Gasteiger partial charge in [-0.15, -0.1) is 24.8 Å². The molecule has 0 saturated carbocycles. The molecule has 2 aromatic carbocycles. The van der Waals surface area contributed by atoms with Gasteiger partial charge in [0.15, 0.2) is 0 Å². The van der Waals surface area contributed by atoms with Crippen LogP contribution < -0.4 is 10.6 Å². The fraction of sp³-hybridized carbons (Fsp3) is 0.200. The Hall–Kier alpha value is -0.930. The summed E-state index contributed by atoms with van der Waals surface area (Å²) in [6, 6.07) is 16.4. The summed E-state index contributed by atoms with van der Waals surface area (Å²) in [6.45, 7) is 1.72. The molecule has 1 unspecified atom stereocenters. The van der Waals surface area contributed by atoms with E-state index < -0.39 is 0 Å². The molecule has 3 rings (SSSR count). The second-order valence-electron chi connectivity index (χ2n) is 4.68. The summed E-state index contributed by atoms with van der Waals surface area (Å²) in [5, 5.41) is 0.782. The van der Waals surface area contributed by atoms with E-state index in [-0.39, 0.29) is 30.9 Å². The van der Waals surface area contributed by atoms with Gasteiger partial charge in [-0.1, -0.05) is 41.9 Å². The highest BCUT2D eigenvalue weighted by atomic mass is 35.5. The van der Waals surface area contributed by atoms with Gasteiger partial charge in [0.1, 0.15) is 0 Å². The highest BCUT2D eigenvalue weighted by Crippen LogP contribution is 2.34. The van der Waals surface area contributed by atoms with Crippen molar-refractivity contribution < 1.29 is 0 Å². The van der Waals surface area contributed by atoms with Crippen molar-refractivity contribution in [1.82, 2.24) is 0 Å². The van der Waals surface area contributed by atoms with Crippen molar-refractivity contribution in [3.8, 4) is 0 Å². The van der Waals surface area contributed by atoms with Gasteiger partial charge in [-0.2, -0.15) is 0 Å². The minimum absolute atomic E-state index is 0. The minimum Gasteiger partial charge on any atom is -0.365 e. The average molecular weight is 332 g/mol. The number of hydrogen-bond donors (Lipinski definition) is 1. The van der Waals surface area contributed by atoms with E-state index in [1.54, 1.807) is 0 Å². The van der Waals surface area contributed by atoms with Gasteiger partial charge < -0.3 is 10.6 Å². The smallest absolute Gasteiger partial charge is 0.0493 e. The first-order valence-electron chi connectivity index (χ1n) is 6.08. The third kappa shape index (κ3) is 3.39. The van der Waals surface area contributed by atoms with E-state index in [4.69, 9.17) is 17.3 Å². The van der Waals surface area contributed by atoms with E-state index in [0.29, 0.717) is 0 Å². The van der Waals surface area contributed by atoms with Crippen LogP contribution in [0.4, 0.5) is 5.69 Å². The van der Waals surface area contributed by atoms with Crippen LogP contribution in [-0.4, -0.2) is 6.54 Å². The van der Waals surface area contributed by atoms with E-state index in [9.17, 15) is 0 Å². The summed E-state index contributed by atoms with van der Waals surface area (Å²) in [7, 11) is 0. The summed E-state index contributed by atoms with van der Waals surface area (Å²) in [4.78, 5) is 2.31. The lowest BCUT2D eigenvalue weighted by Crippen LogP contribution is -2.23. The van der Waals surface area contributed by atoms with Crippen molar-refractivity contribution in [3.63, 3.8) is 0 Å². The predicted molar refractivity (Wildman–Crippen MR) is 90.4 cm³/mol. The fourth-order valence-electron chi connectivity index (χ4n) is 2.53. The van der Waals surface area contributed by atoms with Crippen molar-refractivity contribution in [3.05, 3.63) is 64.7 Å². The van der Waals surface area contributed by atoms with Crippen molar-refractivity contribution >= 4 is 42.1 Å². The molecule has 2 aromatic rings. The Labute approximate surface area is 136 Å². The SMILES string of the molecule is Cl.Cl.NC1CN(Cc2cccc(Cl)c2)c2ccccc21. The second kappa shape index (κ2) is 7.19. The number of anilines is 1. The molecule has 1 aliphatic heterocycles. The first-order chi connectivity index (χ1) is 8.74. The minimum atomic E-state index is 0. The van der Waals surface area contributed by atoms with Gasteiger partial charge in [-0.25, -0.2) is 0 Å². The molecular weight excluding hydrogens is 315 g/mol. The van der Waals surface area contributed by atoms with E-state index in [1.807, 2.05) is 24.3 Å². The molecule has 0 saturated heterocycles. The Bertz CT molecular complexity index is 575. The molecule has 5 heteroatoms. The summed E-state index contributed by atoms with van der Waals surface area (Å²) in [5.74, 6) is 0. The molecule has 0 spiro atoms. The molecule has 20 heavy (non-hydrogen) atoms. The van der Waals surface area contributed by atoms with Crippen molar-refractivity contribution in [2.75, 3.05) is 11.4 Å². The van der Waals surface area contributed by atoms with Crippen LogP contribution in [0.3, 0.4) is 0 Å². The lowest BCUT2D eigenvalue weighted by atomic mass is 10.1. The molecule has 0 fully saturated rings. The monoisotopic (exact) mass is 330 g/mol. The maximum absolute atomic E-state index is 6.15. The van der Waals surface area contributed by atoms with Crippen molar-refractivity contribution in [1.29, 1.82) is 0 Å². The average Bonchev–Trinajstić information content (AvgIpc) is 2.67. The molecule has 2 N–H and O–H groups in total. The van der Waals surface area contributed by atoms with Gasteiger partial charge in [-0.05, 0) is 29.3 Å². The number of fused-ring (bicyclic) bond motifs is 1. The van der Waals surface area contributed by atoms with E-state index in [1.165, 1.54) is 16.8 Å². The fourth-order valence-corrected chi connectivity index (χ4v) is 2.74. The third-order valence-electron chi connectivity index (χ3n) is 3.36. The summed E-state index contributed by atoms with van der Waals surface area (Å²) >= 11 is 6.02. The van der Waals surface area contributed by atoms with Crippen molar-refractivity contribution in [2.24, 2.45) is 5.73 Å². The van der Waals surface area contributed by atoms with Gasteiger partial charge in [0.05, 0.1) is 0 Å². The Morgan fingerprint density at radius 1 is 1.10 bits per heavy atom. The number of hydrogen-bond acceptors (Lipinski definition) is 2. The second-order valence-corrected chi connectivity index (χ2v) is 5.11. The lowest BCUT2D eigenvalue weighted by molar-refractivity contribution is 0.720.